The molecule has 1 aliphatic heterocycles. The highest BCUT2D eigenvalue weighted by molar-refractivity contribution is 5.76. The molecule has 2 N–H and O–H groups in total. The first-order valence-electron chi connectivity index (χ1n) is 8.31. The average molecular weight is 304 g/mol. The van der Waals surface area contributed by atoms with E-state index >= 15 is 0 Å². The van der Waals surface area contributed by atoms with Crippen molar-refractivity contribution in [1.29, 1.82) is 0 Å². The molecule has 0 radical (unpaired) electrons. The number of carbonyl (C=O) groups excluding carboxylic acids is 1. The Morgan fingerprint density at radius 1 is 1.32 bits per heavy atom. The maximum atomic E-state index is 12.6. The molecule has 4 heteroatoms. The minimum Gasteiger partial charge on any atom is -0.497 e. The largest absolute Gasteiger partial charge is 0.497 e. The third kappa shape index (κ3) is 4.47. The number of amides is 1. The van der Waals surface area contributed by atoms with Crippen molar-refractivity contribution in [3.8, 4) is 5.75 Å². The lowest BCUT2D eigenvalue weighted by Crippen LogP contribution is -2.35. The molecule has 1 saturated heterocycles. The molecule has 0 aromatic heterocycles. The average Bonchev–Trinajstić information content (AvgIpc) is 2.78. The van der Waals surface area contributed by atoms with Crippen molar-refractivity contribution in [1.82, 2.24) is 4.90 Å². The second kappa shape index (κ2) is 8.18. The molecule has 22 heavy (non-hydrogen) atoms. The van der Waals surface area contributed by atoms with Gasteiger partial charge in [0.05, 0.1) is 13.2 Å². The third-order valence-corrected chi connectivity index (χ3v) is 4.39. The molecule has 1 aromatic rings. The number of methoxy groups -OCH3 is 1. The van der Waals surface area contributed by atoms with Crippen molar-refractivity contribution in [2.45, 2.75) is 57.5 Å². The van der Waals surface area contributed by atoms with Gasteiger partial charge in [0.1, 0.15) is 5.75 Å². The molecule has 0 spiro atoms. The highest BCUT2D eigenvalue weighted by atomic mass is 16.5. The third-order valence-electron chi connectivity index (χ3n) is 4.39. The number of rotatable bonds is 5. The minimum absolute atomic E-state index is 0.0790. The van der Waals surface area contributed by atoms with E-state index in [1.165, 1.54) is 18.4 Å². The molecule has 4 nitrogen and oxygen atoms in total. The van der Waals surface area contributed by atoms with Gasteiger partial charge < -0.3 is 15.4 Å². The van der Waals surface area contributed by atoms with Crippen LogP contribution in [0.5, 0.6) is 5.75 Å². The summed E-state index contributed by atoms with van der Waals surface area (Å²) >= 11 is 0. The second-order valence-electron chi connectivity index (χ2n) is 6.24. The van der Waals surface area contributed by atoms with Gasteiger partial charge in [-0.1, -0.05) is 25.0 Å². The van der Waals surface area contributed by atoms with E-state index < -0.39 is 0 Å². The molecular weight excluding hydrogens is 276 g/mol. The second-order valence-corrected chi connectivity index (χ2v) is 6.24. The summed E-state index contributed by atoms with van der Waals surface area (Å²) in [5.74, 6) is 1.09. The van der Waals surface area contributed by atoms with E-state index in [0.717, 1.165) is 31.6 Å². The molecule has 1 aromatic carbocycles. The first kappa shape index (κ1) is 16.8. The van der Waals surface area contributed by atoms with Crippen LogP contribution >= 0.6 is 0 Å². The summed E-state index contributed by atoms with van der Waals surface area (Å²) in [6.07, 6.45) is 5.80. The van der Waals surface area contributed by atoms with Crippen molar-refractivity contribution in [3.05, 3.63) is 29.8 Å². The van der Waals surface area contributed by atoms with E-state index in [9.17, 15) is 4.79 Å². The topological polar surface area (TPSA) is 55.6 Å². The molecule has 2 rings (SSSR count). The predicted molar refractivity (Wildman–Crippen MR) is 88.8 cm³/mol. The van der Waals surface area contributed by atoms with Gasteiger partial charge in [-0.2, -0.15) is 0 Å². The van der Waals surface area contributed by atoms with E-state index in [0.29, 0.717) is 6.42 Å². The van der Waals surface area contributed by atoms with Crippen LogP contribution in [0.3, 0.4) is 0 Å². The number of nitrogens with two attached hydrogens (primary N) is 1. The Bertz CT molecular complexity index is 470. The smallest absolute Gasteiger partial charge is 0.223 e. The van der Waals surface area contributed by atoms with Gasteiger partial charge in [0.15, 0.2) is 0 Å². The first-order valence-corrected chi connectivity index (χ1v) is 8.31. The molecule has 2 atom stereocenters. The van der Waals surface area contributed by atoms with Crippen LogP contribution in [0.1, 0.15) is 57.1 Å². The van der Waals surface area contributed by atoms with Crippen molar-refractivity contribution in [2.24, 2.45) is 5.73 Å². The van der Waals surface area contributed by atoms with Crippen LogP contribution in [-0.4, -0.2) is 30.5 Å². The molecule has 1 aliphatic rings. The standard InChI is InChI=1S/C18H28N2O2/c1-14(19)7-12-18(21)20-13-5-3-4-6-17(20)15-8-10-16(22-2)11-9-15/h8-11,14,17H,3-7,12-13,19H2,1-2H3. The van der Waals surface area contributed by atoms with Gasteiger partial charge in [-0.3, -0.25) is 4.79 Å². The maximum absolute atomic E-state index is 12.6. The molecule has 0 bridgehead atoms. The van der Waals surface area contributed by atoms with Crippen LogP contribution in [0.15, 0.2) is 24.3 Å². The van der Waals surface area contributed by atoms with Crippen molar-refractivity contribution < 1.29 is 9.53 Å². The quantitative estimate of drug-likeness (QED) is 0.908. The van der Waals surface area contributed by atoms with Crippen LogP contribution in [0.4, 0.5) is 0 Å². The number of likely N-dealkylation sites (tertiary alicyclic amines) is 1. The monoisotopic (exact) mass is 304 g/mol. The van der Waals surface area contributed by atoms with Gasteiger partial charge >= 0.3 is 0 Å². The predicted octanol–water partition coefficient (Wildman–Crippen LogP) is 3.27. The Kier molecular flexibility index (Phi) is 6.25. The first-order chi connectivity index (χ1) is 10.6. The summed E-state index contributed by atoms with van der Waals surface area (Å²) in [6, 6.07) is 8.39. The fourth-order valence-corrected chi connectivity index (χ4v) is 3.07. The lowest BCUT2D eigenvalue weighted by molar-refractivity contribution is -0.133. The fourth-order valence-electron chi connectivity index (χ4n) is 3.07. The Morgan fingerprint density at radius 2 is 2.05 bits per heavy atom. The van der Waals surface area contributed by atoms with Crippen molar-refractivity contribution >= 4 is 5.91 Å². The van der Waals surface area contributed by atoms with Crippen LogP contribution < -0.4 is 10.5 Å². The Hall–Kier alpha value is -1.55. The van der Waals surface area contributed by atoms with Gasteiger partial charge in [-0.15, -0.1) is 0 Å². The number of hydrogen-bond donors (Lipinski definition) is 1. The summed E-state index contributed by atoms with van der Waals surface area (Å²) in [5.41, 5.74) is 7.00. The zero-order valence-corrected chi connectivity index (χ0v) is 13.8. The van der Waals surface area contributed by atoms with E-state index in [1.54, 1.807) is 7.11 Å². The van der Waals surface area contributed by atoms with E-state index in [-0.39, 0.29) is 18.0 Å². The summed E-state index contributed by atoms with van der Waals surface area (Å²) in [4.78, 5) is 14.7. The zero-order valence-electron chi connectivity index (χ0n) is 13.8. The molecule has 0 saturated carbocycles. The van der Waals surface area contributed by atoms with E-state index in [2.05, 4.69) is 17.0 Å². The number of nitrogens with zero attached hydrogens (tertiary/aromatic N) is 1. The van der Waals surface area contributed by atoms with Crippen molar-refractivity contribution in [3.63, 3.8) is 0 Å². The SMILES string of the molecule is COc1ccc(C2CCCCCN2C(=O)CCC(C)N)cc1. The molecular formula is C18H28N2O2. The van der Waals surface area contributed by atoms with E-state index in [1.807, 2.05) is 19.1 Å². The minimum atomic E-state index is 0.0790. The van der Waals surface area contributed by atoms with Crippen LogP contribution in [0.25, 0.3) is 0 Å². The summed E-state index contributed by atoms with van der Waals surface area (Å²) in [5, 5.41) is 0. The van der Waals surface area contributed by atoms with Gasteiger partial charge in [0.2, 0.25) is 5.91 Å². The van der Waals surface area contributed by atoms with Crippen LogP contribution in [0.2, 0.25) is 0 Å². The Balaban J connectivity index is 2.13. The zero-order chi connectivity index (χ0) is 15.9. The van der Waals surface area contributed by atoms with E-state index in [4.69, 9.17) is 10.5 Å². The lowest BCUT2D eigenvalue weighted by Gasteiger charge is -2.31. The number of ether oxygens (including phenoxy) is 1. The molecule has 0 aliphatic carbocycles. The molecule has 2 unspecified atom stereocenters. The molecule has 1 amide bonds. The van der Waals surface area contributed by atoms with Gasteiger partial charge in [0, 0.05) is 19.0 Å². The molecule has 122 valence electrons. The normalized spacial score (nSPS) is 20.3. The highest BCUT2D eigenvalue weighted by Crippen LogP contribution is 2.31. The number of benzene rings is 1. The van der Waals surface area contributed by atoms with Crippen LogP contribution in [0, 0.1) is 0 Å². The van der Waals surface area contributed by atoms with Crippen LogP contribution in [-0.2, 0) is 4.79 Å². The maximum Gasteiger partial charge on any atom is 0.223 e. The van der Waals surface area contributed by atoms with Gasteiger partial charge in [-0.25, -0.2) is 0 Å². The van der Waals surface area contributed by atoms with Gasteiger partial charge in [0.25, 0.3) is 0 Å². The molecule has 1 fully saturated rings. The summed E-state index contributed by atoms with van der Waals surface area (Å²) in [6.45, 7) is 2.81. The summed E-state index contributed by atoms with van der Waals surface area (Å²) in [7, 11) is 1.67. The Labute approximate surface area is 133 Å². The van der Waals surface area contributed by atoms with Crippen molar-refractivity contribution in [2.75, 3.05) is 13.7 Å². The lowest BCUT2D eigenvalue weighted by atomic mass is 10.00. The fraction of sp³-hybridized carbons (Fsp3) is 0.611. The number of carbonyl (C=O) groups is 1. The van der Waals surface area contributed by atoms with Gasteiger partial charge in [-0.05, 0) is 43.9 Å². The highest BCUT2D eigenvalue weighted by Gasteiger charge is 2.26. The number of hydrogen-bond acceptors (Lipinski definition) is 3. The Morgan fingerprint density at radius 3 is 2.68 bits per heavy atom. The summed E-state index contributed by atoms with van der Waals surface area (Å²) < 4.78 is 5.23. The molecule has 1 heterocycles.